The van der Waals surface area contributed by atoms with E-state index in [2.05, 4.69) is 10.6 Å². The van der Waals surface area contributed by atoms with Gasteiger partial charge in [0.1, 0.15) is 5.60 Å². The number of carbonyl (C=O) groups excluding carboxylic acids is 3. The molecule has 0 spiro atoms. The number of alkyl carbamates (subject to hydrolysis) is 1. The van der Waals surface area contributed by atoms with Gasteiger partial charge in [0.2, 0.25) is 5.91 Å². The van der Waals surface area contributed by atoms with Crippen molar-refractivity contribution in [3.8, 4) is 0 Å². The number of carbonyl (C=O) groups is 3. The molecule has 0 aliphatic heterocycles. The summed E-state index contributed by atoms with van der Waals surface area (Å²) in [6.07, 6.45) is -2.23. The third-order valence-corrected chi connectivity index (χ3v) is 5.87. The third kappa shape index (κ3) is 8.13. The minimum atomic E-state index is -1.38. The quantitative estimate of drug-likeness (QED) is 0.280. The van der Waals surface area contributed by atoms with Gasteiger partial charge >= 0.3 is 12.1 Å². The van der Waals surface area contributed by atoms with E-state index in [1.807, 2.05) is 0 Å². The molecule has 0 aromatic heterocycles. The van der Waals surface area contributed by atoms with Crippen LogP contribution < -0.4 is 16.4 Å². The number of amides is 2. The summed E-state index contributed by atoms with van der Waals surface area (Å²) in [6.45, 7) is 5.05. The van der Waals surface area contributed by atoms with E-state index in [4.69, 9.17) is 38.4 Å². The Hall–Kier alpha value is -3.75. The first-order valence-corrected chi connectivity index (χ1v) is 12.5. The van der Waals surface area contributed by atoms with Crippen molar-refractivity contribution in [2.45, 2.75) is 44.9 Å². The van der Waals surface area contributed by atoms with Crippen molar-refractivity contribution in [2.24, 2.45) is 5.73 Å². The molecule has 0 heterocycles. The predicted molar refractivity (Wildman–Crippen MR) is 148 cm³/mol. The first-order valence-electron chi connectivity index (χ1n) is 11.8. The van der Waals surface area contributed by atoms with Gasteiger partial charge in [0, 0.05) is 5.69 Å². The molecule has 0 fully saturated rings. The van der Waals surface area contributed by atoms with Crippen LogP contribution in [0.4, 0.5) is 16.2 Å². The maximum Gasteiger partial charge on any atom is 0.408 e. The molecule has 3 aromatic carbocycles. The molecule has 0 aliphatic rings. The number of nitrogens with one attached hydrogen (secondary N) is 2. The van der Waals surface area contributed by atoms with Crippen molar-refractivity contribution < 1.29 is 23.9 Å². The zero-order chi connectivity index (χ0) is 27.9. The molecule has 200 valence electrons. The fourth-order valence-electron chi connectivity index (χ4n) is 3.59. The average molecular weight is 558 g/mol. The van der Waals surface area contributed by atoms with Crippen molar-refractivity contribution in [3.63, 3.8) is 0 Å². The lowest BCUT2D eigenvalue weighted by molar-refractivity contribution is -0.151. The largest absolute Gasteiger partial charge is 0.454 e. The van der Waals surface area contributed by atoms with Crippen molar-refractivity contribution in [3.05, 3.63) is 94.0 Å². The molecule has 2 amide bonds. The predicted octanol–water partition coefficient (Wildman–Crippen LogP) is 5.94. The lowest BCUT2D eigenvalue weighted by Crippen LogP contribution is -2.50. The van der Waals surface area contributed by atoms with Gasteiger partial charge in [0.05, 0.1) is 22.2 Å². The molecule has 0 saturated heterocycles. The molecule has 3 aromatic rings. The second-order valence-corrected chi connectivity index (χ2v) is 10.2. The summed E-state index contributed by atoms with van der Waals surface area (Å²) in [4.78, 5) is 38.0. The summed E-state index contributed by atoms with van der Waals surface area (Å²) in [5.74, 6) is -1.55. The number of benzene rings is 3. The molecule has 38 heavy (non-hydrogen) atoms. The first-order chi connectivity index (χ1) is 17.9. The van der Waals surface area contributed by atoms with Crippen LogP contribution >= 0.6 is 23.2 Å². The Morgan fingerprint density at radius 2 is 1.50 bits per heavy atom. The lowest BCUT2D eigenvalue weighted by atomic mass is 10.0. The summed E-state index contributed by atoms with van der Waals surface area (Å²) in [6, 6.07) is 19.3. The molecule has 4 N–H and O–H groups in total. The van der Waals surface area contributed by atoms with Crippen molar-refractivity contribution in [1.82, 2.24) is 5.32 Å². The highest BCUT2D eigenvalue weighted by Crippen LogP contribution is 2.34. The maximum atomic E-state index is 13.2. The zero-order valence-corrected chi connectivity index (χ0v) is 22.7. The van der Waals surface area contributed by atoms with Gasteiger partial charge in [-0.2, -0.15) is 0 Å². The number of ether oxygens (including phenoxy) is 2. The Morgan fingerprint density at radius 1 is 0.895 bits per heavy atom. The summed E-state index contributed by atoms with van der Waals surface area (Å²) >= 11 is 12.6. The van der Waals surface area contributed by atoms with Gasteiger partial charge in [0.25, 0.3) is 0 Å². The monoisotopic (exact) mass is 557 g/mol. The van der Waals surface area contributed by atoms with Gasteiger partial charge in [-0.05, 0) is 50.1 Å². The molecule has 0 unspecified atom stereocenters. The van der Waals surface area contributed by atoms with E-state index in [0.29, 0.717) is 32.5 Å². The highest BCUT2D eigenvalue weighted by molar-refractivity contribution is 6.39. The molecule has 8 nitrogen and oxygen atoms in total. The van der Waals surface area contributed by atoms with E-state index in [1.165, 1.54) is 0 Å². The van der Waals surface area contributed by atoms with Crippen LogP contribution in [0.5, 0.6) is 0 Å². The number of rotatable bonds is 9. The molecular weight excluding hydrogens is 529 g/mol. The number of anilines is 2. The van der Waals surface area contributed by atoms with E-state index >= 15 is 0 Å². The number of esters is 1. The van der Waals surface area contributed by atoms with Gasteiger partial charge in [-0.1, -0.05) is 77.8 Å². The lowest BCUT2D eigenvalue weighted by Gasteiger charge is -2.28. The van der Waals surface area contributed by atoms with Crippen molar-refractivity contribution >= 4 is 52.5 Å². The molecule has 0 radical (unpaired) electrons. The fraction of sp³-hybridized carbons (Fsp3) is 0.250. The number of halogens is 2. The highest BCUT2D eigenvalue weighted by atomic mass is 35.5. The van der Waals surface area contributed by atoms with Crippen LogP contribution in [0.1, 0.15) is 38.0 Å². The average Bonchev–Trinajstić information content (AvgIpc) is 2.84. The van der Waals surface area contributed by atoms with Gasteiger partial charge < -0.3 is 25.8 Å². The summed E-state index contributed by atoms with van der Waals surface area (Å²) in [5.41, 5.74) is 6.95. The Morgan fingerprint density at radius 3 is 2.11 bits per heavy atom. The number of nitrogens with two attached hydrogens (primary N) is 1. The van der Waals surface area contributed by atoms with Gasteiger partial charge in [0.15, 0.2) is 12.1 Å². The molecule has 0 aliphatic carbocycles. The summed E-state index contributed by atoms with van der Waals surface area (Å²) in [7, 11) is 0. The highest BCUT2D eigenvalue weighted by Gasteiger charge is 2.34. The van der Waals surface area contributed by atoms with E-state index < -0.39 is 35.7 Å². The van der Waals surface area contributed by atoms with E-state index in [-0.39, 0.29) is 6.42 Å². The Balaban J connectivity index is 1.85. The molecule has 0 saturated carbocycles. The Labute approximate surface area is 231 Å². The molecule has 3 rings (SSSR count). The van der Waals surface area contributed by atoms with Crippen LogP contribution in [-0.2, 0) is 25.5 Å². The number of hydrogen-bond donors (Lipinski definition) is 3. The van der Waals surface area contributed by atoms with Crippen molar-refractivity contribution in [2.75, 3.05) is 5.32 Å². The topological polar surface area (TPSA) is 120 Å². The standard InChI is InChI=1S/C28H29Cl2N3O5/c1-28(2,3)38-27(36)33-24(26(31)35)25(17-10-5-4-6-11-17)37-22(34)16-18-12-7-8-15-21(18)32-23-19(29)13-9-14-20(23)30/h4-15,24-25,32H,16H2,1-3H3,(H2,31,35)(H,33,36)/t24-,25+/m0/s1. The van der Waals surface area contributed by atoms with Gasteiger partial charge in [-0.25, -0.2) is 4.79 Å². The van der Waals surface area contributed by atoms with E-state index in [0.717, 1.165) is 0 Å². The minimum Gasteiger partial charge on any atom is -0.454 e. The summed E-state index contributed by atoms with van der Waals surface area (Å²) in [5, 5.41) is 6.44. The van der Waals surface area contributed by atoms with Crippen LogP contribution in [0, 0.1) is 0 Å². The van der Waals surface area contributed by atoms with E-state index in [9.17, 15) is 14.4 Å². The van der Waals surface area contributed by atoms with Crippen molar-refractivity contribution in [1.29, 1.82) is 0 Å². The molecule has 10 heteroatoms. The van der Waals surface area contributed by atoms with Crippen LogP contribution in [0.2, 0.25) is 10.0 Å². The number of para-hydroxylation sites is 2. The van der Waals surface area contributed by atoms with Crippen LogP contribution in [-0.4, -0.2) is 29.6 Å². The fourth-order valence-corrected chi connectivity index (χ4v) is 4.08. The molecule has 2 atom stereocenters. The zero-order valence-electron chi connectivity index (χ0n) is 21.2. The normalized spacial score (nSPS) is 12.7. The van der Waals surface area contributed by atoms with Gasteiger partial charge in [-0.3, -0.25) is 9.59 Å². The maximum absolute atomic E-state index is 13.2. The number of primary amides is 1. The SMILES string of the molecule is CC(C)(C)OC(=O)N[C@H](C(N)=O)[C@H](OC(=O)Cc1ccccc1Nc1c(Cl)cccc1Cl)c1ccccc1. The Kier molecular flexibility index (Phi) is 9.61. The third-order valence-electron chi connectivity index (χ3n) is 5.24. The molecule has 0 bridgehead atoms. The number of hydrogen-bond acceptors (Lipinski definition) is 6. The molecular formula is C28H29Cl2N3O5. The van der Waals surface area contributed by atoms with Crippen LogP contribution in [0.25, 0.3) is 0 Å². The second kappa shape index (κ2) is 12.7. The van der Waals surface area contributed by atoms with E-state index in [1.54, 1.807) is 93.6 Å². The van der Waals surface area contributed by atoms with Crippen LogP contribution in [0.15, 0.2) is 72.8 Å². The van der Waals surface area contributed by atoms with Gasteiger partial charge in [-0.15, -0.1) is 0 Å². The van der Waals surface area contributed by atoms with Crippen LogP contribution in [0.3, 0.4) is 0 Å². The summed E-state index contributed by atoms with van der Waals surface area (Å²) < 4.78 is 11.0. The minimum absolute atomic E-state index is 0.160. The Bertz CT molecular complexity index is 1270. The second-order valence-electron chi connectivity index (χ2n) is 9.40. The first kappa shape index (κ1) is 28.8. The smallest absolute Gasteiger partial charge is 0.408 e.